The van der Waals surface area contributed by atoms with Gasteiger partial charge >= 0.3 is 0 Å². The number of aromatic nitrogens is 2. The number of halogens is 1. The average Bonchev–Trinajstić information content (AvgIpc) is 2.27. The summed E-state index contributed by atoms with van der Waals surface area (Å²) >= 11 is 5.70. The summed E-state index contributed by atoms with van der Waals surface area (Å²) < 4.78 is 5.58. The molecule has 2 rings (SSSR count). The topological polar surface area (TPSA) is 38.2 Å². The van der Waals surface area contributed by atoms with Crippen molar-refractivity contribution in [3.63, 3.8) is 0 Å². The fourth-order valence-corrected chi connectivity index (χ4v) is 1.92. The van der Waals surface area contributed by atoms with Crippen molar-refractivity contribution >= 4 is 11.6 Å². The molecule has 0 spiro atoms. The van der Waals surface area contributed by atoms with Gasteiger partial charge in [-0.25, -0.2) is 4.98 Å². The molecule has 4 nitrogen and oxygen atoms in total. The molecule has 1 aliphatic rings. The normalized spacial score (nSPS) is 26.9. The molecule has 0 radical (unpaired) electrons. The van der Waals surface area contributed by atoms with E-state index in [2.05, 4.69) is 28.7 Å². The van der Waals surface area contributed by atoms with E-state index in [1.165, 1.54) is 0 Å². The first kappa shape index (κ1) is 11.8. The summed E-state index contributed by atoms with van der Waals surface area (Å²) in [6.07, 6.45) is 3.61. The first-order valence-corrected chi connectivity index (χ1v) is 5.85. The fourth-order valence-electron chi connectivity index (χ4n) is 1.82. The van der Waals surface area contributed by atoms with Crippen LogP contribution < -0.4 is 0 Å². The smallest absolute Gasteiger partial charge is 0.147 e. The molecule has 1 fully saturated rings. The second kappa shape index (κ2) is 5.08. The van der Waals surface area contributed by atoms with Gasteiger partial charge in [0.15, 0.2) is 0 Å². The lowest BCUT2D eigenvalue weighted by atomic mass is 10.2. The third-order valence-corrected chi connectivity index (χ3v) is 2.97. The number of morpholine rings is 1. The van der Waals surface area contributed by atoms with E-state index in [0.717, 1.165) is 25.4 Å². The van der Waals surface area contributed by atoms with Gasteiger partial charge in [0.25, 0.3) is 0 Å². The maximum atomic E-state index is 5.70. The van der Waals surface area contributed by atoms with Gasteiger partial charge in [-0.1, -0.05) is 11.6 Å². The van der Waals surface area contributed by atoms with Crippen molar-refractivity contribution in [1.29, 1.82) is 0 Å². The standard InChI is InChI=1S/C11H16ClN3O/c1-8-7-16-9(2)5-15(8)6-10-3-14-11(12)4-13-10/h3-4,8-9H,5-7H2,1-2H3. The minimum Gasteiger partial charge on any atom is -0.376 e. The van der Waals surface area contributed by atoms with E-state index in [1.54, 1.807) is 12.4 Å². The van der Waals surface area contributed by atoms with E-state index >= 15 is 0 Å². The molecule has 0 amide bonds. The number of rotatable bonds is 2. The van der Waals surface area contributed by atoms with Gasteiger partial charge in [-0.05, 0) is 13.8 Å². The lowest BCUT2D eigenvalue weighted by Gasteiger charge is -2.36. The van der Waals surface area contributed by atoms with Gasteiger partial charge in [0.1, 0.15) is 5.15 Å². The minimum atomic E-state index is 0.288. The van der Waals surface area contributed by atoms with Crippen LogP contribution in [-0.2, 0) is 11.3 Å². The highest BCUT2D eigenvalue weighted by molar-refractivity contribution is 6.29. The Kier molecular flexibility index (Phi) is 3.74. The molecule has 5 heteroatoms. The molecular weight excluding hydrogens is 226 g/mol. The molecule has 2 unspecified atom stereocenters. The highest BCUT2D eigenvalue weighted by Crippen LogP contribution is 2.14. The van der Waals surface area contributed by atoms with Crippen molar-refractivity contribution in [3.05, 3.63) is 23.2 Å². The summed E-state index contributed by atoms with van der Waals surface area (Å²) in [7, 11) is 0. The number of hydrogen-bond acceptors (Lipinski definition) is 4. The molecule has 2 atom stereocenters. The monoisotopic (exact) mass is 241 g/mol. The van der Waals surface area contributed by atoms with Gasteiger partial charge in [-0.15, -0.1) is 0 Å². The molecular formula is C11H16ClN3O. The number of nitrogens with zero attached hydrogens (tertiary/aromatic N) is 3. The average molecular weight is 242 g/mol. The zero-order valence-electron chi connectivity index (χ0n) is 9.56. The van der Waals surface area contributed by atoms with Crippen LogP contribution in [0, 0.1) is 0 Å². The van der Waals surface area contributed by atoms with Crippen LogP contribution in [0.1, 0.15) is 19.5 Å². The fraction of sp³-hybridized carbons (Fsp3) is 0.636. The van der Waals surface area contributed by atoms with E-state index in [0.29, 0.717) is 11.2 Å². The molecule has 0 aromatic carbocycles. The van der Waals surface area contributed by atoms with Crippen LogP contribution in [0.3, 0.4) is 0 Å². The van der Waals surface area contributed by atoms with Gasteiger partial charge in [-0.2, -0.15) is 0 Å². The van der Waals surface area contributed by atoms with Gasteiger partial charge in [0, 0.05) is 19.1 Å². The van der Waals surface area contributed by atoms with Gasteiger partial charge < -0.3 is 4.74 Å². The Balaban J connectivity index is 2.00. The molecule has 0 aliphatic carbocycles. The quantitative estimate of drug-likeness (QED) is 0.791. The molecule has 0 bridgehead atoms. The second-order valence-electron chi connectivity index (χ2n) is 4.25. The third-order valence-electron chi connectivity index (χ3n) is 2.78. The predicted octanol–water partition coefficient (Wildman–Crippen LogP) is 1.74. The Morgan fingerprint density at radius 1 is 1.44 bits per heavy atom. The first-order valence-electron chi connectivity index (χ1n) is 5.47. The molecule has 1 saturated heterocycles. The Hall–Kier alpha value is -0.710. The number of hydrogen-bond donors (Lipinski definition) is 0. The molecule has 1 aromatic heterocycles. The SMILES string of the molecule is CC1CN(Cc2cnc(Cl)cn2)C(C)CO1. The maximum absolute atomic E-state index is 5.70. The van der Waals surface area contributed by atoms with Gasteiger partial charge in [0.05, 0.1) is 30.8 Å². The highest BCUT2D eigenvalue weighted by atomic mass is 35.5. The van der Waals surface area contributed by atoms with Crippen LogP contribution in [0.5, 0.6) is 0 Å². The first-order chi connectivity index (χ1) is 7.65. The van der Waals surface area contributed by atoms with E-state index in [9.17, 15) is 0 Å². The Labute approximate surface area is 101 Å². The summed E-state index contributed by atoms with van der Waals surface area (Å²) in [6, 6.07) is 0.425. The number of ether oxygens (including phenoxy) is 1. The lowest BCUT2D eigenvalue weighted by molar-refractivity contribution is -0.0530. The van der Waals surface area contributed by atoms with Crippen LogP contribution in [0.4, 0.5) is 0 Å². The summed E-state index contributed by atoms with van der Waals surface area (Å²) in [5, 5.41) is 0.437. The zero-order chi connectivity index (χ0) is 11.5. The predicted molar refractivity (Wildman–Crippen MR) is 62.3 cm³/mol. The van der Waals surface area contributed by atoms with Crippen molar-refractivity contribution in [3.8, 4) is 0 Å². The van der Waals surface area contributed by atoms with Gasteiger partial charge in [0.2, 0.25) is 0 Å². The van der Waals surface area contributed by atoms with Crippen LogP contribution in [0.2, 0.25) is 5.15 Å². The highest BCUT2D eigenvalue weighted by Gasteiger charge is 2.23. The molecule has 0 saturated carbocycles. The van der Waals surface area contributed by atoms with Crippen LogP contribution in [-0.4, -0.2) is 40.2 Å². The Morgan fingerprint density at radius 3 is 2.94 bits per heavy atom. The van der Waals surface area contributed by atoms with Crippen molar-refractivity contribution in [2.75, 3.05) is 13.2 Å². The van der Waals surface area contributed by atoms with Crippen molar-refractivity contribution < 1.29 is 4.74 Å². The van der Waals surface area contributed by atoms with Crippen molar-refractivity contribution in [2.45, 2.75) is 32.5 Å². The summed E-state index contributed by atoms with van der Waals surface area (Å²) in [5.41, 5.74) is 0.949. The zero-order valence-corrected chi connectivity index (χ0v) is 10.3. The molecule has 16 heavy (non-hydrogen) atoms. The maximum Gasteiger partial charge on any atom is 0.147 e. The third kappa shape index (κ3) is 2.90. The van der Waals surface area contributed by atoms with Crippen LogP contribution >= 0.6 is 11.6 Å². The van der Waals surface area contributed by atoms with Crippen LogP contribution in [0.25, 0.3) is 0 Å². The Morgan fingerprint density at radius 2 is 2.25 bits per heavy atom. The largest absolute Gasteiger partial charge is 0.376 e. The minimum absolute atomic E-state index is 0.288. The molecule has 88 valence electrons. The molecule has 0 N–H and O–H groups in total. The summed E-state index contributed by atoms with van der Waals surface area (Å²) in [5.74, 6) is 0. The van der Waals surface area contributed by atoms with E-state index < -0.39 is 0 Å². The molecule has 2 heterocycles. The summed E-state index contributed by atoms with van der Waals surface area (Å²) in [6.45, 7) is 6.77. The second-order valence-corrected chi connectivity index (χ2v) is 4.64. The van der Waals surface area contributed by atoms with Crippen molar-refractivity contribution in [1.82, 2.24) is 14.9 Å². The lowest BCUT2D eigenvalue weighted by Crippen LogP contribution is -2.46. The van der Waals surface area contributed by atoms with Crippen molar-refractivity contribution in [2.24, 2.45) is 0 Å². The summed E-state index contributed by atoms with van der Waals surface area (Å²) in [4.78, 5) is 10.6. The van der Waals surface area contributed by atoms with E-state index in [4.69, 9.17) is 16.3 Å². The molecule has 1 aliphatic heterocycles. The van der Waals surface area contributed by atoms with Crippen LogP contribution in [0.15, 0.2) is 12.4 Å². The van der Waals surface area contributed by atoms with E-state index in [1.807, 2.05) is 0 Å². The molecule has 1 aromatic rings. The van der Waals surface area contributed by atoms with Gasteiger partial charge in [-0.3, -0.25) is 9.88 Å². The Bertz CT molecular complexity index is 344. The van der Waals surface area contributed by atoms with E-state index in [-0.39, 0.29) is 6.10 Å².